The van der Waals surface area contributed by atoms with E-state index >= 15 is 0 Å². The van der Waals surface area contributed by atoms with Gasteiger partial charge in [0, 0.05) is 17.6 Å². The Morgan fingerprint density at radius 1 is 0.952 bits per heavy atom. The van der Waals surface area contributed by atoms with E-state index in [2.05, 4.69) is 5.32 Å². The van der Waals surface area contributed by atoms with Gasteiger partial charge in [-0.1, -0.05) is 43.6 Å². The van der Waals surface area contributed by atoms with Crippen molar-refractivity contribution in [1.82, 2.24) is 10.2 Å². The highest BCUT2D eigenvalue weighted by Gasteiger charge is 2.34. The molecule has 2 atom stereocenters. The molecule has 0 fully saturated rings. The maximum Gasteiger partial charge on any atom is 0.264 e. The van der Waals surface area contributed by atoms with Gasteiger partial charge in [0.25, 0.3) is 10.0 Å². The van der Waals surface area contributed by atoms with Gasteiger partial charge in [0.2, 0.25) is 11.8 Å². The zero-order valence-electron chi connectivity index (χ0n) is 24.2. The molecular weight excluding hydrogens is 581 g/mol. The Morgan fingerprint density at radius 2 is 1.60 bits per heavy atom. The van der Waals surface area contributed by atoms with E-state index in [1.54, 1.807) is 31.2 Å². The SMILES string of the molecule is CCOc1ccc(S(=O)(=O)N(CC(=O)N(Cc2ccccc2Cl)[C@@H](CC)C(=O)N[C@@H](C)CC)c2ccc(F)cc2)cc1. The van der Waals surface area contributed by atoms with E-state index in [9.17, 15) is 22.4 Å². The molecule has 0 aliphatic heterocycles. The maximum absolute atomic E-state index is 14.1. The first-order valence-corrected chi connectivity index (χ1v) is 15.7. The molecule has 0 unspecified atom stereocenters. The summed E-state index contributed by atoms with van der Waals surface area (Å²) in [6, 6.07) is 16.6. The first-order valence-electron chi connectivity index (χ1n) is 13.9. The second-order valence-corrected chi connectivity index (χ2v) is 12.0. The van der Waals surface area contributed by atoms with Gasteiger partial charge in [-0.15, -0.1) is 0 Å². The second-order valence-electron chi connectivity index (χ2n) is 9.75. The van der Waals surface area contributed by atoms with E-state index in [4.69, 9.17) is 16.3 Å². The highest BCUT2D eigenvalue weighted by Crippen LogP contribution is 2.27. The fraction of sp³-hybridized carbons (Fsp3) is 0.355. The molecule has 1 N–H and O–H groups in total. The van der Waals surface area contributed by atoms with Crippen molar-refractivity contribution in [3.05, 3.63) is 89.2 Å². The van der Waals surface area contributed by atoms with Gasteiger partial charge in [-0.25, -0.2) is 12.8 Å². The molecular formula is C31H37ClFN3O5S. The molecule has 42 heavy (non-hydrogen) atoms. The molecule has 0 spiro atoms. The highest BCUT2D eigenvalue weighted by atomic mass is 35.5. The summed E-state index contributed by atoms with van der Waals surface area (Å²) in [4.78, 5) is 28.7. The van der Waals surface area contributed by atoms with Crippen molar-refractivity contribution in [3.63, 3.8) is 0 Å². The lowest BCUT2D eigenvalue weighted by atomic mass is 10.1. The van der Waals surface area contributed by atoms with Crippen LogP contribution in [-0.4, -0.2) is 50.4 Å². The molecule has 8 nitrogen and oxygen atoms in total. The number of nitrogens with one attached hydrogen (secondary N) is 1. The zero-order valence-corrected chi connectivity index (χ0v) is 25.8. The molecule has 3 rings (SSSR count). The Kier molecular flexibility index (Phi) is 11.8. The number of nitrogens with zero attached hydrogens (tertiary/aromatic N) is 2. The van der Waals surface area contributed by atoms with Gasteiger partial charge >= 0.3 is 0 Å². The van der Waals surface area contributed by atoms with Gasteiger partial charge in [0.1, 0.15) is 24.2 Å². The molecule has 0 aliphatic carbocycles. The molecule has 0 saturated heterocycles. The van der Waals surface area contributed by atoms with Crippen molar-refractivity contribution in [2.24, 2.45) is 0 Å². The quantitative estimate of drug-likeness (QED) is 0.247. The largest absolute Gasteiger partial charge is 0.494 e. The number of hydrogen-bond donors (Lipinski definition) is 1. The smallest absolute Gasteiger partial charge is 0.264 e. The standard InChI is InChI=1S/C31H37ClFN3O5S/c1-5-22(4)34-31(38)29(6-2)35(20-23-10-8-9-11-28(23)32)30(37)21-36(25-14-12-24(33)13-15-25)42(39,40)27-18-16-26(17-19-27)41-7-3/h8-19,22,29H,5-7,20-21H2,1-4H3,(H,34,38)/t22-,29-/m0/s1. The van der Waals surface area contributed by atoms with E-state index in [0.29, 0.717) is 29.4 Å². The van der Waals surface area contributed by atoms with E-state index in [1.807, 2.05) is 20.8 Å². The summed E-state index contributed by atoms with van der Waals surface area (Å²) in [5, 5.41) is 3.34. The number of carbonyl (C=O) groups excluding carboxylic acids is 2. The molecule has 0 radical (unpaired) electrons. The normalized spacial score (nSPS) is 12.7. The van der Waals surface area contributed by atoms with Crippen LogP contribution in [-0.2, 0) is 26.2 Å². The number of carbonyl (C=O) groups is 2. The lowest BCUT2D eigenvalue weighted by Crippen LogP contribution is -2.53. The Morgan fingerprint density at radius 3 is 2.17 bits per heavy atom. The van der Waals surface area contributed by atoms with Gasteiger partial charge < -0.3 is 15.0 Å². The minimum Gasteiger partial charge on any atom is -0.494 e. The summed E-state index contributed by atoms with van der Waals surface area (Å²) in [6.07, 6.45) is 0.972. The van der Waals surface area contributed by atoms with Crippen molar-refractivity contribution in [1.29, 1.82) is 0 Å². The predicted octanol–water partition coefficient (Wildman–Crippen LogP) is 5.80. The molecule has 0 bridgehead atoms. The molecule has 0 aromatic heterocycles. The van der Waals surface area contributed by atoms with Crippen LogP contribution in [0.2, 0.25) is 5.02 Å². The number of halogens is 2. The fourth-order valence-electron chi connectivity index (χ4n) is 4.31. The number of anilines is 1. The predicted molar refractivity (Wildman–Crippen MR) is 163 cm³/mol. The third-order valence-electron chi connectivity index (χ3n) is 6.80. The minimum absolute atomic E-state index is 0.0225. The van der Waals surface area contributed by atoms with E-state index in [-0.39, 0.29) is 35.5 Å². The lowest BCUT2D eigenvalue weighted by molar-refractivity contribution is -0.140. The number of benzene rings is 3. The molecule has 226 valence electrons. The van der Waals surface area contributed by atoms with Crippen LogP contribution < -0.4 is 14.4 Å². The molecule has 2 amide bonds. The van der Waals surface area contributed by atoms with Crippen LogP contribution in [0.5, 0.6) is 5.75 Å². The van der Waals surface area contributed by atoms with Crippen molar-refractivity contribution in [2.45, 2.75) is 64.1 Å². The number of rotatable bonds is 14. The summed E-state index contributed by atoms with van der Waals surface area (Å²) >= 11 is 6.42. The van der Waals surface area contributed by atoms with E-state index in [0.717, 1.165) is 16.4 Å². The van der Waals surface area contributed by atoms with Gasteiger partial charge in [-0.3, -0.25) is 13.9 Å². The molecule has 3 aromatic carbocycles. The number of sulfonamides is 1. The maximum atomic E-state index is 14.1. The average Bonchev–Trinajstić information content (AvgIpc) is 2.97. The average molecular weight is 618 g/mol. The first kappa shape index (κ1) is 32.9. The van der Waals surface area contributed by atoms with Crippen LogP contribution in [0.15, 0.2) is 77.7 Å². The number of ether oxygens (including phenoxy) is 1. The lowest BCUT2D eigenvalue weighted by Gasteiger charge is -2.34. The Hall–Kier alpha value is -3.63. The van der Waals surface area contributed by atoms with Crippen LogP contribution in [0.3, 0.4) is 0 Å². The summed E-state index contributed by atoms with van der Waals surface area (Å²) in [5.74, 6) is -1.05. The van der Waals surface area contributed by atoms with Gasteiger partial charge in [-0.05, 0) is 86.8 Å². The van der Waals surface area contributed by atoms with Crippen LogP contribution in [0.1, 0.15) is 46.1 Å². The topological polar surface area (TPSA) is 96.0 Å². The van der Waals surface area contributed by atoms with Crippen LogP contribution in [0.25, 0.3) is 0 Å². The third-order valence-corrected chi connectivity index (χ3v) is 8.96. The summed E-state index contributed by atoms with van der Waals surface area (Å²) in [7, 11) is -4.30. The second kappa shape index (κ2) is 15.0. The highest BCUT2D eigenvalue weighted by molar-refractivity contribution is 7.92. The Labute approximate surface area is 252 Å². The van der Waals surface area contributed by atoms with Crippen molar-refractivity contribution >= 4 is 39.1 Å². The van der Waals surface area contributed by atoms with Gasteiger partial charge in [0.15, 0.2) is 0 Å². The summed E-state index contributed by atoms with van der Waals surface area (Å²) < 4.78 is 48.0. The number of amides is 2. The van der Waals surface area contributed by atoms with Gasteiger partial charge in [-0.2, -0.15) is 0 Å². The summed E-state index contributed by atoms with van der Waals surface area (Å²) in [5.41, 5.74) is 0.693. The monoisotopic (exact) mass is 617 g/mol. The molecule has 0 heterocycles. The third kappa shape index (κ3) is 8.23. The molecule has 3 aromatic rings. The molecule has 11 heteroatoms. The van der Waals surface area contributed by atoms with Crippen LogP contribution >= 0.6 is 11.6 Å². The van der Waals surface area contributed by atoms with Crippen molar-refractivity contribution in [2.75, 3.05) is 17.5 Å². The number of hydrogen-bond acceptors (Lipinski definition) is 5. The van der Waals surface area contributed by atoms with Crippen molar-refractivity contribution in [3.8, 4) is 5.75 Å². The van der Waals surface area contributed by atoms with Crippen LogP contribution in [0.4, 0.5) is 10.1 Å². The zero-order chi connectivity index (χ0) is 30.9. The minimum atomic E-state index is -4.30. The van der Waals surface area contributed by atoms with Crippen LogP contribution in [0, 0.1) is 5.82 Å². The Bertz CT molecular complexity index is 1450. The molecule has 0 aliphatic rings. The Balaban J connectivity index is 2.06. The first-order chi connectivity index (χ1) is 20.0. The van der Waals surface area contributed by atoms with Gasteiger partial charge in [0.05, 0.1) is 17.2 Å². The molecule has 0 saturated carbocycles. The van der Waals surface area contributed by atoms with Crippen molar-refractivity contribution < 1.29 is 27.1 Å². The fourth-order valence-corrected chi connectivity index (χ4v) is 5.92. The summed E-state index contributed by atoms with van der Waals surface area (Å²) in [6.45, 7) is 7.14. The van der Waals surface area contributed by atoms with E-state index in [1.165, 1.54) is 41.3 Å². The van der Waals surface area contributed by atoms with E-state index < -0.39 is 34.3 Å².